The second kappa shape index (κ2) is 3.40. The molecule has 0 atom stereocenters. The van der Waals surface area contributed by atoms with E-state index in [4.69, 9.17) is 0 Å². The molecular formula is C8H14O2. The van der Waals surface area contributed by atoms with Crippen LogP contribution in [-0.4, -0.2) is 5.97 Å². The zero-order valence-electron chi connectivity index (χ0n) is 6.97. The van der Waals surface area contributed by atoms with Gasteiger partial charge in [0, 0.05) is 6.92 Å². The van der Waals surface area contributed by atoms with Crippen molar-refractivity contribution in [3.63, 3.8) is 0 Å². The third-order valence-corrected chi connectivity index (χ3v) is 0.802. The molecule has 0 saturated carbocycles. The Morgan fingerprint density at radius 1 is 1.40 bits per heavy atom. The second-order valence-electron chi connectivity index (χ2n) is 3.28. The van der Waals surface area contributed by atoms with Gasteiger partial charge >= 0.3 is 5.97 Å². The first kappa shape index (κ1) is 9.21. The van der Waals surface area contributed by atoms with E-state index in [2.05, 4.69) is 4.74 Å². The highest BCUT2D eigenvalue weighted by Crippen LogP contribution is 2.14. The Balaban J connectivity index is 3.67. The summed E-state index contributed by atoms with van der Waals surface area (Å²) in [4.78, 5) is 10.3. The quantitative estimate of drug-likeness (QED) is 0.414. The molecule has 0 aromatic carbocycles. The van der Waals surface area contributed by atoms with Crippen molar-refractivity contribution in [3.05, 3.63) is 12.3 Å². The zero-order valence-corrected chi connectivity index (χ0v) is 6.97. The molecule has 0 saturated heterocycles. The number of carbonyl (C=O) groups is 1. The van der Waals surface area contributed by atoms with Gasteiger partial charge in [0.25, 0.3) is 0 Å². The van der Waals surface area contributed by atoms with Gasteiger partial charge in [0.2, 0.25) is 0 Å². The first-order valence-corrected chi connectivity index (χ1v) is 3.27. The largest absolute Gasteiger partial charge is 0.435 e. The molecule has 58 valence electrons. The van der Waals surface area contributed by atoms with E-state index in [1.807, 2.05) is 26.8 Å². The first-order valence-electron chi connectivity index (χ1n) is 3.27. The van der Waals surface area contributed by atoms with Crippen molar-refractivity contribution in [2.45, 2.75) is 27.7 Å². The van der Waals surface area contributed by atoms with Crippen LogP contribution < -0.4 is 0 Å². The number of allylic oxidation sites excluding steroid dienone is 1. The summed E-state index contributed by atoms with van der Waals surface area (Å²) < 4.78 is 4.60. The minimum atomic E-state index is -0.277. The Bertz CT molecular complexity index is 140. The molecule has 0 amide bonds. The number of carbonyl (C=O) groups excluding carboxylic acids is 1. The summed E-state index contributed by atoms with van der Waals surface area (Å²) in [7, 11) is 0. The Kier molecular flexibility index (Phi) is 3.13. The first-order chi connectivity index (χ1) is 4.42. The van der Waals surface area contributed by atoms with E-state index in [0.717, 1.165) is 0 Å². The maximum Gasteiger partial charge on any atom is 0.307 e. The van der Waals surface area contributed by atoms with Crippen molar-refractivity contribution in [1.29, 1.82) is 0 Å². The summed E-state index contributed by atoms with van der Waals surface area (Å²) in [6.45, 7) is 7.49. The minimum Gasteiger partial charge on any atom is -0.435 e. The topological polar surface area (TPSA) is 26.3 Å². The van der Waals surface area contributed by atoms with E-state index in [-0.39, 0.29) is 11.4 Å². The van der Waals surface area contributed by atoms with Crippen molar-refractivity contribution < 1.29 is 9.53 Å². The van der Waals surface area contributed by atoms with E-state index >= 15 is 0 Å². The average molecular weight is 142 g/mol. The molecule has 0 aliphatic heterocycles. The summed E-state index contributed by atoms with van der Waals surface area (Å²) >= 11 is 0. The molecule has 0 fully saturated rings. The van der Waals surface area contributed by atoms with Crippen LogP contribution in [0.1, 0.15) is 27.7 Å². The summed E-state index contributed by atoms with van der Waals surface area (Å²) in [6.07, 6.45) is 3.27. The molecule has 0 aromatic rings. The van der Waals surface area contributed by atoms with Crippen LogP contribution in [0.3, 0.4) is 0 Å². The van der Waals surface area contributed by atoms with Gasteiger partial charge in [-0.1, -0.05) is 20.8 Å². The molecule has 0 N–H and O–H groups in total. The summed E-state index contributed by atoms with van der Waals surface area (Å²) in [6, 6.07) is 0. The average Bonchev–Trinajstić information content (AvgIpc) is 1.59. The zero-order chi connectivity index (χ0) is 8.20. The molecule has 0 aromatic heterocycles. The van der Waals surface area contributed by atoms with Crippen LogP contribution in [0.15, 0.2) is 12.3 Å². The molecule has 0 aliphatic rings. The molecule has 0 aliphatic carbocycles. The summed E-state index contributed by atoms with van der Waals surface area (Å²) in [5.41, 5.74) is 0.0788. The van der Waals surface area contributed by atoms with Gasteiger partial charge in [-0.25, -0.2) is 0 Å². The smallest absolute Gasteiger partial charge is 0.307 e. The molecular weight excluding hydrogens is 128 g/mol. The number of esters is 1. The fourth-order valence-electron chi connectivity index (χ4n) is 0.334. The van der Waals surface area contributed by atoms with Gasteiger partial charge < -0.3 is 4.74 Å². The fraction of sp³-hybridized carbons (Fsp3) is 0.625. The molecule has 0 rings (SSSR count). The number of ether oxygens (including phenoxy) is 1. The fourth-order valence-corrected chi connectivity index (χ4v) is 0.334. The lowest BCUT2D eigenvalue weighted by molar-refractivity contribution is -0.135. The number of hydrogen-bond donors (Lipinski definition) is 0. The van der Waals surface area contributed by atoms with E-state index in [1.54, 1.807) is 0 Å². The van der Waals surface area contributed by atoms with Crippen molar-refractivity contribution in [3.8, 4) is 0 Å². The van der Waals surface area contributed by atoms with Crippen molar-refractivity contribution >= 4 is 5.97 Å². The highest BCUT2D eigenvalue weighted by molar-refractivity contribution is 5.66. The summed E-state index contributed by atoms with van der Waals surface area (Å²) in [5, 5.41) is 0. The Morgan fingerprint density at radius 2 is 1.90 bits per heavy atom. The molecule has 2 nitrogen and oxygen atoms in total. The Hall–Kier alpha value is -0.790. The van der Waals surface area contributed by atoms with Crippen LogP contribution in [0, 0.1) is 5.41 Å². The lowest BCUT2D eigenvalue weighted by Crippen LogP contribution is -2.00. The highest BCUT2D eigenvalue weighted by atomic mass is 16.5. The van der Waals surface area contributed by atoms with Gasteiger partial charge in [0.15, 0.2) is 0 Å². The third-order valence-electron chi connectivity index (χ3n) is 0.802. The van der Waals surface area contributed by atoms with Gasteiger partial charge in [-0.3, -0.25) is 4.79 Å². The van der Waals surface area contributed by atoms with E-state index in [0.29, 0.717) is 0 Å². The van der Waals surface area contributed by atoms with E-state index in [1.165, 1.54) is 13.2 Å². The van der Waals surface area contributed by atoms with Crippen LogP contribution in [0.2, 0.25) is 0 Å². The number of rotatable bonds is 1. The lowest BCUT2D eigenvalue weighted by atomic mass is 9.97. The molecule has 0 spiro atoms. The monoisotopic (exact) mass is 142 g/mol. The second-order valence-corrected chi connectivity index (χ2v) is 3.28. The molecule has 10 heavy (non-hydrogen) atoms. The standard InChI is InChI=1S/C8H14O2/c1-7(9)10-6-5-8(2,3)4/h5-6H,1-4H3/b6-5+. The maximum atomic E-state index is 10.3. The minimum absolute atomic E-state index is 0.0788. The maximum absolute atomic E-state index is 10.3. The number of hydrogen-bond acceptors (Lipinski definition) is 2. The van der Waals surface area contributed by atoms with Crippen LogP contribution in [0.5, 0.6) is 0 Å². The van der Waals surface area contributed by atoms with Gasteiger partial charge in [-0.15, -0.1) is 0 Å². The van der Waals surface area contributed by atoms with Gasteiger partial charge in [0.1, 0.15) is 0 Å². The van der Waals surface area contributed by atoms with Crippen molar-refractivity contribution in [1.82, 2.24) is 0 Å². The predicted molar refractivity (Wildman–Crippen MR) is 40.4 cm³/mol. The van der Waals surface area contributed by atoms with E-state index in [9.17, 15) is 4.79 Å². The van der Waals surface area contributed by atoms with Crippen LogP contribution >= 0.6 is 0 Å². The molecule has 0 bridgehead atoms. The molecule has 2 heteroatoms. The SMILES string of the molecule is CC(=O)O/C=C/C(C)(C)C. The molecule has 0 unspecified atom stereocenters. The van der Waals surface area contributed by atoms with Gasteiger partial charge in [-0.05, 0) is 11.5 Å². The normalized spacial score (nSPS) is 12.0. The summed E-state index contributed by atoms with van der Waals surface area (Å²) in [5.74, 6) is -0.277. The Morgan fingerprint density at radius 3 is 2.20 bits per heavy atom. The van der Waals surface area contributed by atoms with Crippen molar-refractivity contribution in [2.24, 2.45) is 5.41 Å². The van der Waals surface area contributed by atoms with Crippen LogP contribution in [0.25, 0.3) is 0 Å². The van der Waals surface area contributed by atoms with Crippen molar-refractivity contribution in [2.75, 3.05) is 0 Å². The van der Waals surface area contributed by atoms with Crippen LogP contribution in [0.4, 0.5) is 0 Å². The molecule has 0 heterocycles. The Labute approximate surface area is 61.9 Å². The predicted octanol–water partition coefficient (Wildman–Crippen LogP) is 2.11. The highest BCUT2D eigenvalue weighted by Gasteiger charge is 2.03. The van der Waals surface area contributed by atoms with E-state index < -0.39 is 0 Å². The third kappa shape index (κ3) is 7.21. The van der Waals surface area contributed by atoms with Gasteiger partial charge in [-0.2, -0.15) is 0 Å². The lowest BCUT2D eigenvalue weighted by Gasteiger charge is -2.09. The molecule has 0 radical (unpaired) electrons. The van der Waals surface area contributed by atoms with Gasteiger partial charge in [0.05, 0.1) is 6.26 Å². The van der Waals surface area contributed by atoms with Crippen LogP contribution in [-0.2, 0) is 9.53 Å².